The molecule has 36 valence electrons. The van der Waals surface area contributed by atoms with Crippen LogP contribution >= 0.6 is 0 Å². The van der Waals surface area contributed by atoms with E-state index >= 15 is 0 Å². The van der Waals surface area contributed by atoms with Gasteiger partial charge in [-0.15, -0.1) is 0 Å². The van der Waals surface area contributed by atoms with Gasteiger partial charge in [-0.2, -0.15) is 0 Å². The third-order valence-electron chi connectivity index (χ3n) is 0. The van der Waals surface area contributed by atoms with Gasteiger partial charge in [0.05, 0.1) is 8.41 Å². The number of hydrogen-bond acceptors (Lipinski definition) is 1. The molecule has 0 rings (SSSR count). The Balaban J connectivity index is 0. The molecule has 4 heteroatoms. The van der Waals surface area contributed by atoms with Crippen molar-refractivity contribution in [1.82, 2.24) is 6.15 Å². The molecule has 0 aliphatic heterocycles. The molecule has 1 nitrogen and oxygen atoms in total. The lowest BCUT2D eigenvalue weighted by atomic mass is 10.8. The van der Waals surface area contributed by atoms with Gasteiger partial charge in [0.1, 0.15) is 0 Å². The summed E-state index contributed by atoms with van der Waals surface area (Å²) in [6.07, 6.45) is 0. The van der Waals surface area contributed by atoms with Crippen LogP contribution in [0.15, 0.2) is 0 Å². The van der Waals surface area contributed by atoms with E-state index in [1.807, 2.05) is 0 Å². The second-order valence-electron chi connectivity index (χ2n) is 0. The summed E-state index contributed by atoms with van der Waals surface area (Å²) in [5.41, 5.74) is 0. The van der Waals surface area contributed by atoms with Gasteiger partial charge in [-0.1, -0.05) is 7.43 Å². The summed E-state index contributed by atoms with van der Waals surface area (Å²) in [6.45, 7) is 0. The zero-order valence-corrected chi connectivity index (χ0v) is 0.707. The van der Waals surface area contributed by atoms with Crippen LogP contribution in [0.25, 0.3) is 0 Å². The van der Waals surface area contributed by atoms with Crippen LogP contribution in [-0.4, -0.2) is 36.7 Å². The van der Waals surface area contributed by atoms with Crippen LogP contribution in [-0.2, 0) is 0 Å². The largest absolute Gasteiger partial charge is 0.344 e. The molecule has 0 radical (unpaired) electrons. The van der Waals surface area contributed by atoms with Gasteiger partial charge in [-0.3, -0.25) is 0 Å². The lowest BCUT2D eigenvalue weighted by Gasteiger charge is -0.344. The second-order valence-corrected chi connectivity index (χ2v) is 0. The van der Waals surface area contributed by atoms with Crippen molar-refractivity contribution in [3.05, 3.63) is 0 Å². The highest BCUT2D eigenvalue weighted by atomic mass is 28.1. The molecular weight excluding hydrogens is 91.9 g/mol. The van der Waals surface area contributed by atoms with Crippen molar-refractivity contribution in [2.75, 3.05) is 0 Å². The second kappa shape index (κ2) is 113. The van der Waals surface area contributed by atoms with E-state index in [9.17, 15) is 0 Å². The normalized spacial score (nSPS) is 0. The molecule has 5 heavy (non-hydrogen) atoms. The van der Waals surface area contributed by atoms with E-state index in [4.69, 9.17) is 0 Å². The van der Waals surface area contributed by atoms with Gasteiger partial charge < -0.3 is 6.15 Å². The summed E-state index contributed by atoms with van der Waals surface area (Å²) >= 11 is 0. The van der Waals surface area contributed by atoms with Crippen LogP contribution in [0.1, 0.15) is 7.43 Å². The van der Waals surface area contributed by atoms with Gasteiger partial charge >= 0.3 is 0 Å². The van der Waals surface area contributed by atoms with Crippen LogP contribution in [0.3, 0.4) is 0 Å². The zero-order valence-electron chi connectivity index (χ0n) is 0.707. The Bertz CT molecular complexity index is 11.6. The summed E-state index contributed by atoms with van der Waals surface area (Å²) in [7, 11) is 0. The van der Waals surface area contributed by atoms with Crippen molar-refractivity contribution < 1.29 is 0 Å². The maximum atomic E-state index is 0. The Morgan fingerprint density at radius 2 is 1.00 bits per heavy atom. The van der Waals surface area contributed by atoms with Crippen LogP contribution in [0, 0.1) is 0 Å². The maximum absolute atomic E-state index is 0. The highest BCUT2D eigenvalue weighted by molar-refractivity contribution is 5.76. The van der Waals surface area contributed by atoms with Gasteiger partial charge in [0.15, 0.2) is 17.4 Å². The Labute approximate surface area is 50.8 Å². The molecule has 0 aliphatic rings. The molecule has 0 unspecified atom stereocenters. The molecule has 3 N–H and O–H groups in total. The first-order valence-electron chi connectivity index (χ1n) is 0. The summed E-state index contributed by atoms with van der Waals surface area (Å²) in [5, 5.41) is 0. The van der Waals surface area contributed by atoms with E-state index in [0.29, 0.717) is 0 Å². The molecule has 0 saturated carbocycles. The molecule has 0 bridgehead atoms. The fraction of sp³-hybridized carbons (Fsp3) is 1.00. The van der Waals surface area contributed by atoms with E-state index in [1.54, 1.807) is 0 Å². The molecule has 0 aliphatic carbocycles. The van der Waals surface area contributed by atoms with E-state index in [-0.39, 0.29) is 50.3 Å². The van der Waals surface area contributed by atoms with Crippen molar-refractivity contribution in [2.24, 2.45) is 0 Å². The summed E-state index contributed by atoms with van der Waals surface area (Å²) in [6, 6.07) is 0. The Morgan fingerprint density at radius 3 is 1.00 bits per heavy atom. The average molecular weight is 109 g/mol. The Kier molecular flexibility index (Phi) is 4980. The zero-order chi connectivity index (χ0) is 0. The Morgan fingerprint density at radius 1 is 1.00 bits per heavy atom. The van der Waals surface area contributed by atoms with E-state index in [0.717, 1.165) is 0 Å². The van der Waals surface area contributed by atoms with Gasteiger partial charge in [0.25, 0.3) is 0 Å². The fourth-order valence-corrected chi connectivity index (χ4v) is 0. The maximum Gasteiger partial charge on any atom is 0.187 e. The van der Waals surface area contributed by atoms with Crippen molar-refractivity contribution in [3.63, 3.8) is 0 Å². The van der Waals surface area contributed by atoms with Crippen molar-refractivity contribution in [1.29, 1.82) is 0 Å². The highest BCUT2D eigenvalue weighted by Gasteiger charge is 0.187. The molecule has 0 aromatic carbocycles. The number of hydrogen-bond donors (Lipinski definition) is 1. The lowest BCUT2D eigenvalue weighted by Crippen LogP contribution is -0.481. The van der Waals surface area contributed by atoms with Crippen LogP contribution in [0.5, 0.6) is 0 Å². The molecule has 0 aromatic rings. The summed E-state index contributed by atoms with van der Waals surface area (Å²) < 4.78 is 0. The first-order valence-corrected chi connectivity index (χ1v) is 0. The fourth-order valence-electron chi connectivity index (χ4n) is 0. The topological polar surface area (TPSA) is 35.0 Å². The first-order chi connectivity index (χ1) is 0. The predicted molar refractivity (Wildman–Crippen MR) is 43.0 cm³/mol. The molecule has 0 atom stereocenters. The SMILES string of the molecule is B.C.N.[AlH3].[SiH4]. The minimum absolute atomic E-state index is 0. The molecule has 0 heterocycles. The molecule has 0 amide bonds. The van der Waals surface area contributed by atoms with Gasteiger partial charge in [0.2, 0.25) is 0 Å². The average Bonchev–Trinajstić information content (AvgIpc) is 0. The molecule has 0 fully saturated rings. The molecule has 0 saturated heterocycles. The van der Waals surface area contributed by atoms with Gasteiger partial charge in [-0.05, 0) is 11.0 Å². The van der Waals surface area contributed by atoms with Crippen LogP contribution in [0.2, 0.25) is 0 Å². The Hall–Kier alpha value is 0.774. The first kappa shape index (κ1) is 220. The summed E-state index contributed by atoms with van der Waals surface area (Å²) in [5.74, 6) is 0. The van der Waals surface area contributed by atoms with Gasteiger partial charge in [0, 0.05) is 0 Å². The van der Waals surface area contributed by atoms with Crippen LogP contribution in [0.4, 0.5) is 0 Å². The van der Waals surface area contributed by atoms with Crippen LogP contribution < -0.4 is 6.15 Å². The monoisotopic (exact) mass is 109 g/mol. The molecular formula is CH17AlBNSi. The molecule has 0 aromatic heterocycles. The molecule has 0 spiro atoms. The van der Waals surface area contributed by atoms with Crippen molar-refractivity contribution in [3.8, 4) is 0 Å². The van der Waals surface area contributed by atoms with Crippen molar-refractivity contribution in [2.45, 2.75) is 7.43 Å². The summed E-state index contributed by atoms with van der Waals surface area (Å²) in [4.78, 5) is 0. The third-order valence-corrected chi connectivity index (χ3v) is 0. The van der Waals surface area contributed by atoms with E-state index in [2.05, 4.69) is 0 Å². The quantitative estimate of drug-likeness (QED) is 0.330. The minimum Gasteiger partial charge on any atom is -0.344 e. The standard InChI is InChI=1S/CH4.Al.BH3.H3N.H4Si.3H/h1H4;;2*1H3;1H4;;;. The third kappa shape index (κ3) is 61.3. The number of rotatable bonds is 0. The highest BCUT2D eigenvalue weighted by Crippen LogP contribution is 0.144. The smallest absolute Gasteiger partial charge is 0.187 e. The minimum atomic E-state index is 0. The lowest BCUT2D eigenvalue weighted by molar-refractivity contribution is 2.13. The van der Waals surface area contributed by atoms with E-state index < -0.39 is 0 Å². The van der Waals surface area contributed by atoms with E-state index in [1.165, 1.54) is 0 Å². The predicted octanol–water partition coefficient (Wildman–Crippen LogP) is -3.02. The van der Waals surface area contributed by atoms with Crippen molar-refractivity contribution >= 4 is 36.7 Å². The van der Waals surface area contributed by atoms with Gasteiger partial charge in [-0.25, -0.2) is 0 Å².